The Balaban J connectivity index is 1.43. The van der Waals surface area contributed by atoms with E-state index in [0.717, 1.165) is 18.8 Å². The van der Waals surface area contributed by atoms with Crippen molar-refractivity contribution in [2.45, 2.75) is 11.5 Å². The lowest BCUT2D eigenvalue weighted by molar-refractivity contribution is -0.131. The zero-order valence-corrected chi connectivity index (χ0v) is 16.9. The lowest BCUT2D eigenvalue weighted by Crippen LogP contribution is -2.49. The van der Waals surface area contributed by atoms with Crippen LogP contribution in [0, 0.1) is 0 Å². The lowest BCUT2D eigenvalue weighted by Gasteiger charge is -2.36. The molecule has 10 heteroatoms. The summed E-state index contributed by atoms with van der Waals surface area (Å²) in [6, 6.07) is 12.5. The molecule has 0 spiro atoms. The molecule has 0 unspecified atom stereocenters. The highest BCUT2D eigenvalue weighted by Crippen LogP contribution is 2.16. The number of rotatable bonds is 7. The van der Waals surface area contributed by atoms with Crippen molar-refractivity contribution in [1.82, 2.24) is 14.9 Å². The minimum absolute atomic E-state index is 0.0316. The molecule has 0 atom stereocenters. The van der Waals surface area contributed by atoms with Crippen LogP contribution in [-0.4, -0.2) is 64.9 Å². The summed E-state index contributed by atoms with van der Waals surface area (Å²) in [5.41, 5.74) is 1.14. The summed E-state index contributed by atoms with van der Waals surface area (Å²) in [6.07, 6.45) is 0.166. The number of furan rings is 1. The summed E-state index contributed by atoms with van der Waals surface area (Å²) >= 11 is 0. The molecule has 2 heterocycles. The van der Waals surface area contributed by atoms with Gasteiger partial charge in [0.25, 0.3) is 15.9 Å². The molecule has 0 saturated carbocycles. The maximum atomic E-state index is 12.4. The number of hydrogen-bond donors (Lipinski definition) is 2. The first-order valence-electron chi connectivity index (χ1n) is 9.30. The second-order valence-corrected chi connectivity index (χ2v) is 8.35. The van der Waals surface area contributed by atoms with Crippen LogP contribution in [0.2, 0.25) is 0 Å². The topological polar surface area (TPSA) is 112 Å². The molecule has 156 valence electrons. The van der Waals surface area contributed by atoms with Crippen molar-refractivity contribution >= 4 is 27.5 Å². The van der Waals surface area contributed by atoms with Crippen LogP contribution in [0.5, 0.6) is 0 Å². The number of para-hydroxylation sites is 1. The van der Waals surface area contributed by atoms with Crippen LogP contribution < -0.4 is 14.9 Å². The van der Waals surface area contributed by atoms with Crippen molar-refractivity contribution < 1.29 is 22.4 Å². The van der Waals surface area contributed by atoms with Crippen LogP contribution in [-0.2, 0) is 14.8 Å². The molecule has 1 aliphatic rings. The molecule has 1 saturated heterocycles. The smallest absolute Gasteiger partial charge is 0.287 e. The predicted molar refractivity (Wildman–Crippen MR) is 107 cm³/mol. The maximum Gasteiger partial charge on any atom is 0.287 e. The summed E-state index contributed by atoms with van der Waals surface area (Å²) in [6.45, 7) is 2.93. The van der Waals surface area contributed by atoms with E-state index in [9.17, 15) is 18.0 Å². The van der Waals surface area contributed by atoms with Crippen LogP contribution in [0.1, 0.15) is 17.0 Å². The van der Waals surface area contributed by atoms with Gasteiger partial charge in [0.15, 0.2) is 5.76 Å². The van der Waals surface area contributed by atoms with Gasteiger partial charge in [-0.05, 0) is 31.3 Å². The largest absolute Gasteiger partial charge is 0.438 e. The standard InChI is InChI=1S/C19H24N4O5S/c1-20-29(26,27)18-8-7-16(28-18)19(25)21-10-9-17(24)23-13-11-22(12-14-23)15-5-3-2-4-6-15/h2-8,20H,9-14H2,1H3,(H,21,25). The summed E-state index contributed by atoms with van der Waals surface area (Å²) in [7, 11) is -2.49. The number of piperazine rings is 1. The first kappa shape index (κ1) is 20.9. The van der Waals surface area contributed by atoms with Gasteiger partial charge in [-0.2, -0.15) is 0 Å². The van der Waals surface area contributed by atoms with E-state index in [1.807, 2.05) is 18.2 Å². The van der Waals surface area contributed by atoms with Gasteiger partial charge in [0.05, 0.1) is 0 Å². The third kappa shape index (κ3) is 5.15. The van der Waals surface area contributed by atoms with Gasteiger partial charge >= 0.3 is 0 Å². The first-order chi connectivity index (χ1) is 13.9. The Morgan fingerprint density at radius 3 is 2.38 bits per heavy atom. The number of sulfonamides is 1. The van der Waals surface area contributed by atoms with Crippen molar-refractivity contribution in [3.05, 3.63) is 48.2 Å². The fraction of sp³-hybridized carbons (Fsp3) is 0.368. The summed E-state index contributed by atoms with van der Waals surface area (Å²) in [5.74, 6) is -0.720. The van der Waals surface area contributed by atoms with Crippen molar-refractivity contribution in [2.24, 2.45) is 0 Å². The molecule has 9 nitrogen and oxygen atoms in total. The number of carbonyl (C=O) groups is 2. The van der Waals surface area contributed by atoms with Crippen LogP contribution in [0.25, 0.3) is 0 Å². The van der Waals surface area contributed by atoms with Gasteiger partial charge in [0.1, 0.15) is 0 Å². The Kier molecular flexibility index (Phi) is 6.55. The minimum atomic E-state index is -3.75. The Morgan fingerprint density at radius 1 is 1.03 bits per heavy atom. The molecule has 1 aromatic carbocycles. The van der Waals surface area contributed by atoms with Crippen molar-refractivity contribution in [3.8, 4) is 0 Å². The summed E-state index contributed by atoms with van der Waals surface area (Å²) in [4.78, 5) is 28.5. The molecule has 0 bridgehead atoms. The molecule has 1 aromatic heterocycles. The van der Waals surface area contributed by atoms with E-state index in [4.69, 9.17) is 4.42 Å². The monoisotopic (exact) mass is 420 g/mol. The average Bonchev–Trinajstić information content (AvgIpc) is 3.26. The van der Waals surface area contributed by atoms with Gasteiger partial charge in [-0.1, -0.05) is 18.2 Å². The number of benzene rings is 1. The number of amides is 2. The second-order valence-electron chi connectivity index (χ2n) is 6.54. The molecule has 2 amide bonds. The molecular weight excluding hydrogens is 396 g/mol. The third-order valence-corrected chi connectivity index (χ3v) is 6.00. The van der Waals surface area contributed by atoms with Gasteiger partial charge in [0.2, 0.25) is 11.0 Å². The number of carbonyl (C=O) groups excluding carboxylic acids is 2. The summed E-state index contributed by atoms with van der Waals surface area (Å²) < 4.78 is 30.5. The van der Waals surface area contributed by atoms with E-state index < -0.39 is 15.9 Å². The number of nitrogens with one attached hydrogen (secondary N) is 2. The molecule has 29 heavy (non-hydrogen) atoms. The fourth-order valence-electron chi connectivity index (χ4n) is 3.07. The molecule has 1 fully saturated rings. The average molecular weight is 420 g/mol. The first-order valence-corrected chi connectivity index (χ1v) is 10.8. The quantitative estimate of drug-likeness (QED) is 0.681. The highest BCUT2D eigenvalue weighted by Gasteiger charge is 2.22. The Hall–Kier alpha value is -2.85. The number of nitrogens with zero attached hydrogens (tertiary/aromatic N) is 2. The van der Waals surface area contributed by atoms with Gasteiger partial charge < -0.3 is 19.5 Å². The predicted octanol–water partition coefficient (Wildman–Crippen LogP) is 0.656. The van der Waals surface area contributed by atoms with E-state index in [1.165, 1.54) is 19.2 Å². The fourth-order valence-corrected chi connectivity index (χ4v) is 3.72. The zero-order chi connectivity index (χ0) is 20.9. The number of anilines is 1. The van der Waals surface area contributed by atoms with Gasteiger partial charge in [0, 0.05) is 44.8 Å². The SMILES string of the molecule is CNS(=O)(=O)c1ccc(C(=O)NCCC(=O)N2CCN(c3ccccc3)CC2)o1. The van der Waals surface area contributed by atoms with Gasteiger partial charge in [-0.15, -0.1) is 0 Å². The molecular formula is C19H24N4O5S. The molecule has 3 rings (SSSR count). The third-order valence-electron chi connectivity index (χ3n) is 4.72. The molecule has 2 N–H and O–H groups in total. The van der Waals surface area contributed by atoms with Crippen molar-refractivity contribution in [1.29, 1.82) is 0 Å². The van der Waals surface area contributed by atoms with Crippen LogP contribution in [0.4, 0.5) is 5.69 Å². The minimum Gasteiger partial charge on any atom is -0.438 e. The molecule has 0 aliphatic carbocycles. The number of hydrogen-bond acceptors (Lipinski definition) is 6. The van der Waals surface area contributed by atoms with Crippen molar-refractivity contribution in [2.75, 3.05) is 44.7 Å². The van der Waals surface area contributed by atoms with E-state index in [1.54, 1.807) is 4.90 Å². The maximum absolute atomic E-state index is 12.4. The Morgan fingerprint density at radius 2 is 1.72 bits per heavy atom. The van der Waals surface area contributed by atoms with Crippen LogP contribution in [0.15, 0.2) is 52.0 Å². The van der Waals surface area contributed by atoms with Gasteiger partial charge in [-0.3, -0.25) is 9.59 Å². The van der Waals surface area contributed by atoms with E-state index >= 15 is 0 Å². The van der Waals surface area contributed by atoms with Crippen molar-refractivity contribution in [3.63, 3.8) is 0 Å². The molecule has 1 aliphatic heterocycles. The van der Waals surface area contributed by atoms with E-state index in [-0.39, 0.29) is 29.7 Å². The summed E-state index contributed by atoms with van der Waals surface area (Å²) in [5, 5.41) is 2.24. The highest BCUT2D eigenvalue weighted by atomic mass is 32.2. The Labute approximate surface area is 169 Å². The molecule has 2 aromatic rings. The van der Waals surface area contributed by atoms with Gasteiger partial charge in [-0.25, -0.2) is 13.1 Å². The van der Waals surface area contributed by atoms with E-state index in [2.05, 4.69) is 27.1 Å². The van der Waals surface area contributed by atoms with Crippen LogP contribution in [0.3, 0.4) is 0 Å². The lowest BCUT2D eigenvalue weighted by atomic mass is 10.2. The van der Waals surface area contributed by atoms with Crippen LogP contribution >= 0.6 is 0 Å². The molecule has 0 radical (unpaired) electrons. The Bertz CT molecular complexity index is 950. The van der Waals surface area contributed by atoms with E-state index in [0.29, 0.717) is 13.1 Å². The zero-order valence-electron chi connectivity index (χ0n) is 16.1. The second kappa shape index (κ2) is 9.10. The highest BCUT2D eigenvalue weighted by molar-refractivity contribution is 7.89. The normalized spacial score (nSPS) is 14.7.